The lowest BCUT2D eigenvalue weighted by Gasteiger charge is -2.23. The van der Waals surface area contributed by atoms with Gasteiger partial charge in [0, 0.05) is 6.61 Å². The van der Waals surface area contributed by atoms with Gasteiger partial charge in [0.1, 0.15) is 5.75 Å². The SMILES string of the molecule is CCCC(C)COC(C)C(N)c1ccc(OC)cc1. The van der Waals surface area contributed by atoms with Gasteiger partial charge in [0.15, 0.2) is 0 Å². The monoisotopic (exact) mass is 265 g/mol. The van der Waals surface area contributed by atoms with Crippen LogP contribution in [0.4, 0.5) is 0 Å². The first-order chi connectivity index (χ1) is 9.08. The predicted molar refractivity (Wildman–Crippen MR) is 79.4 cm³/mol. The first-order valence-electron chi connectivity index (χ1n) is 7.09. The van der Waals surface area contributed by atoms with Crippen LogP contribution in [0.5, 0.6) is 5.75 Å². The van der Waals surface area contributed by atoms with Gasteiger partial charge in [-0.05, 0) is 37.0 Å². The Kier molecular flexibility index (Phi) is 6.89. The molecule has 1 aromatic carbocycles. The summed E-state index contributed by atoms with van der Waals surface area (Å²) in [6.07, 6.45) is 2.42. The van der Waals surface area contributed by atoms with E-state index in [1.54, 1.807) is 7.11 Å². The first-order valence-corrected chi connectivity index (χ1v) is 7.09. The maximum absolute atomic E-state index is 6.22. The molecule has 0 fully saturated rings. The maximum Gasteiger partial charge on any atom is 0.118 e. The van der Waals surface area contributed by atoms with E-state index >= 15 is 0 Å². The molecule has 3 heteroatoms. The van der Waals surface area contributed by atoms with Gasteiger partial charge in [-0.2, -0.15) is 0 Å². The summed E-state index contributed by atoms with van der Waals surface area (Å²) >= 11 is 0. The Balaban J connectivity index is 2.48. The molecule has 0 aliphatic rings. The number of nitrogens with two attached hydrogens (primary N) is 1. The second-order valence-corrected chi connectivity index (χ2v) is 5.23. The normalized spacial score (nSPS) is 15.8. The second-order valence-electron chi connectivity index (χ2n) is 5.23. The molecule has 1 rings (SSSR count). The van der Waals surface area contributed by atoms with Crippen LogP contribution in [-0.4, -0.2) is 19.8 Å². The van der Waals surface area contributed by atoms with E-state index in [1.165, 1.54) is 12.8 Å². The minimum atomic E-state index is -0.0975. The molecule has 1 aromatic rings. The van der Waals surface area contributed by atoms with E-state index in [1.807, 2.05) is 31.2 Å². The summed E-state index contributed by atoms with van der Waals surface area (Å²) in [5, 5.41) is 0. The van der Waals surface area contributed by atoms with Crippen LogP contribution < -0.4 is 10.5 Å². The quantitative estimate of drug-likeness (QED) is 0.782. The molecule has 3 unspecified atom stereocenters. The number of ether oxygens (including phenoxy) is 2. The van der Waals surface area contributed by atoms with Crippen molar-refractivity contribution in [1.82, 2.24) is 0 Å². The highest BCUT2D eigenvalue weighted by Gasteiger charge is 2.16. The van der Waals surface area contributed by atoms with Crippen molar-refractivity contribution < 1.29 is 9.47 Å². The molecular formula is C16H27NO2. The van der Waals surface area contributed by atoms with E-state index in [4.69, 9.17) is 15.2 Å². The minimum Gasteiger partial charge on any atom is -0.497 e. The number of benzene rings is 1. The van der Waals surface area contributed by atoms with Gasteiger partial charge in [0.2, 0.25) is 0 Å². The van der Waals surface area contributed by atoms with Crippen LogP contribution in [0, 0.1) is 5.92 Å². The number of hydrogen-bond donors (Lipinski definition) is 1. The molecular weight excluding hydrogens is 238 g/mol. The van der Waals surface area contributed by atoms with Crippen molar-refractivity contribution in [1.29, 1.82) is 0 Å². The van der Waals surface area contributed by atoms with Crippen LogP contribution in [0.3, 0.4) is 0 Å². The summed E-state index contributed by atoms with van der Waals surface area (Å²) in [7, 11) is 1.66. The van der Waals surface area contributed by atoms with Crippen LogP contribution in [0.2, 0.25) is 0 Å². The Bertz CT molecular complexity index is 350. The van der Waals surface area contributed by atoms with Crippen molar-refractivity contribution in [2.45, 2.75) is 45.8 Å². The standard InChI is InChI=1S/C16H27NO2/c1-5-6-12(2)11-19-13(3)16(17)14-7-9-15(18-4)10-8-14/h7-10,12-13,16H,5-6,11,17H2,1-4H3. The third-order valence-corrected chi connectivity index (χ3v) is 3.43. The molecule has 0 amide bonds. The fourth-order valence-electron chi connectivity index (χ4n) is 2.09. The molecule has 0 radical (unpaired) electrons. The molecule has 2 N–H and O–H groups in total. The van der Waals surface area contributed by atoms with E-state index in [0.717, 1.165) is 17.9 Å². The van der Waals surface area contributed by atoms with Crippen molar-refractivity contribution in [3.8, 4) is 5.75 Å². The van der Waals surface area contributed by atoms with Gasteiger partial charge in [-0.3, -0.25) is 0 Å². The van der Waals surface area contributed by atoms with Gasteiger partial charge < -0.3 is 15.2 Å². The molecule has 0 saturated carbocycles. The summed E-state index contributed by atoms with van der Waals surface area (Å²) in [6.45, 7) is 7.23. The third kappa shape index (κ3) is 5.21. The Morgan fingerprint density at radius 1 is 1.16 bits per heavy atom. The number of hydrogen-bond acceptors (Lipinski definition) is 3. The smallest absolute Gasteiger partial charge is 0.118 e. The molecule has 108 valence electrons. The molecule has 0 aliphatic heterocycles. The molecule has 3 nitrogen and oxygen atoms in total. The lowest BCUT2D eigenvalue weighted by molar-refractivity contribution is 0.0264. The van der Waals surface area contributed by atoms with E-state index in [2.05, 4.69) is 13.8 Å². The fraction of sp³-hybridized carbons (Fsp3) is 0.625. The van der Waals surface area contributed by atoms with Crippen LogP contribution >= 0.6 is 0 Å². The average molecular weight is 265 g/mol. The highest BCUT2D eigenvalue weighted by atomic mass is 16.5. The molecule has 0 saturated heterocycles. The van der Waals surface area contributed by atoms with Gasteiger partial charge >= 0.3 is 0 Å². The first kappa shape index (κ1) is 16.0. The molecule has 19 heavy (non-hydrogen) atoms. The van der Waals surface area contributed by atoms with Gasteiger partial charge in [-0.25, -0.2) is 0 Å². The Hall–Kier alpha value is -1.06. The second kappa shape index (κ2) is 8.18. The van der Waals surface area contributed by atoms with E-state index < -0.39 is 0 Å². The molecule has 3 atom stereocenters. The van der Waals surface area contributed by atoms with Crippen LogP contribution in [0.1, 0.15) is 45.2 Å². The van der Waals surface area contributed by atoms with E-state index in [9.17, 15) is 0 Å². The molecule has 0 spiro atoms. The Morgan fingerprint density at radius 2 is 1.79 bits per heavy atom. The molecule has 0 heterocycles. The Labute approximate surface area is 117 Å². The average Bonchev–Trinajstić information content (AvgIpc) is 2.44. The molecule has 0 aliphatic carbocycles. The van der Waals surface area contributed by atoms with Gasteiger partial charge in [-0.15, -0.1) is 0 Å². The highest BCUT2D eigenvalue weighted by molar-refractivity contribution is 5.29. The summed E-state index contributed by atoms with van der Waals surface area (Å²) in [4.78, 5) is 0. The van der Waals surface area contributed by atoms with Crippen molar-refractivity contribution >= 4 is 0 Å². The van der Waals surface area contributed by atoms with Gasteiger partial charge in [0.25, 0.3) is 0 Å². The zero-order valence-electron chi connectivity index (χ0n) is 12.6. The van der Waals surface area contributed by atoms with Crippen LogP contribution in [-0.2, 0) is 4.74 Å². The van der Waals surface area contributed by atoms with Crippen molar-refractivity contribution in [2.24, 2.45) is 11.7 Å². The number of methoxy groups -OCH3 is 1. The van der Waals surface area contributed by atoms with Gasteiger partial charge in [0.05, 0.1) is 19.3 Å². The zero-order valence-corrected chi connectivity index (χ0v) is 12.6. The predicted octanol–water partition coefficient (Wildman–Crippen LogP) is 3.54. The third-order valence-electron chi connectivity index (χ3n) is 3.43. The lowest BCUT2D eigenvalue weighted by atomic mass is 10.0. The molecule has 0 aromatic heterocycles. The summed E-state index contributed by atoms with van der Waals surface area (Å²) in [5.41, 5.74) is 7.30. The highest BCUT2D eigenvalue weighted by Crippen LogP contribution is 2.20. The zero-order chi connectivity index (χ0) is 14.3. The Morgan fingerprint density at radius 3 is 2.32 bits per heavy atom. The van der Waals surface area contributed by atoms with Gasteiger partial charge in [-0.1, -0.05) is 32.4 Å². The van der Waals surface area contributed by atoms with Crippen molar-refractivity contribution in [3.05, 3.63) is 29.8 Å². The topological polar surface area (TPSA) is 44.5 Å². The van der Waals surface area contributed by atoms with Crippen LogP contribution in [0.15, 0.2) is 24.3 Å². The van der Waals surface area contributed by atoms with E-state index in [0.29, 0.717) is 5.92 Å². The van der Waals surface area contributed by atoms with Crippen molar-refractivity contribution in [3.63, 3.8) is 0 Å². The summed E-state index contributed by atoms with van der Waals surface area (Å²) in [5.74, 6) is 1.44. The lowest BCUT2D eigenvalue weighted by Crippen LogP contribution is -2.27. The van der Waals surface area contributed by atoms with Crippen molar-refractivity contribution in [2.75, 3.05) is 13.7 Å². The molecule has 0 bridgehead atoms. The van der Waals surface area contributed by atoms with E-state index in [-0.39, 0.29) is 12.1 Å². The summed E-state index contributed by atoms with van der Waals surface area (Å²) in [6, 6.07) is 7.76. The fourth-order valence-corrected chi connectivity index (χ4v) is 2.09. The van der Waals surface area contributed by atoms with Crippen LogP contribution in [0.25, 0.3) is 0 Å². The summed E-state index contributed by atoms with van der Waals surface area (Å²) < 4.78 is 11.0. The number of rotatable bonds is 8. The largest absolute Gasteiger partial charge is 0.497 e. The minimum absolute atomic E-state index is 0.0210. The maximum atomic E-state index is 6.22.